The molecule has 10 unspecified atom stereocenters. The number of hydrogen-bond acceptors (Lipinski definition) is 4. The molecule has 4 saturated carbocycles. The molecule has 0 saturated heterocycles. The minimum absolute atomic E-state index is 0.0385. The van der Waals surface area contributed by atoms with E-state index in [4.69, 9.17) is 0 Å². The third kappa shape index (κ3) is 2.80. The summed E-state index contributed by atoms with van der Waals surface area (Å²) in [4.78, 5) is 12.6. The van der Waals surface area contributed by atoms with Crippen molar-refractivity contribution in [3.8, 4) is 0 Å². The van der Waals surface area contributed by atoms with E-state index in [2.05, 4.69) is 54.5 Å². The van der Waals surface area contributed by atoms with Crippen molar-refractivity contribution in [2.75, 3.05) is 0 Å². The number of rotatable bonds is 1. The largest absolute Gasteiger partial charge is 0.392 e. The summed E-state index contributed by atoms with van der Waals surface area (Å²) in [6.07, 6.45) is 9.11. The molecule has 0 heterocycles. The van der Waals surface area contributed by atoms with Crippen LogP contribution in [0.15, 0.2) is 11.6 Å². The van der Waals surface area contributed by atoms with Crippen LogP contribution in [0.4, 0.5) is 0 Å². The Morgan fingerprint density at radius 3 is 2.15 bits per heavy atom. The number of aliphatic hydroxyl groups is 3. The van der Waals surface area contributed by atoms with Gasteiger partial charge >= 0.3 is 0 Å². The van der Waals surface area contributed by atoms with Crippen LogP contribution in [-0.2, 0) is 4.79 Å². The lowest BCUT2D eigenvalue weighted by atomic mass is 9.33. The maximum Gasteiger partial charge on any atom is 0.126 e. The Labute approximate surface area is 206 Å². The van der Waals surface area contributed by atoms with Crippen molar-refractivity contribution in [2.45, 2.75) is 118 Å². The van der Waals surface area contributed by atoms with Crippen molar-refractivity contribution < 1.29 is 20.1 Å². The number of aldehydes is 1. The molecule has 5 aliphatic rings. The van der Waals surface area contributed by atoms with Gasteiger partial charge in [0.1, 0.15) is 6.29 Å². The van der Waals surface area contributed by atoms with E-state index in [0.29, 0.717) is 18.3 Å². The Balaban J connectivity index is 1.62. The molecular formula is C30H48O4. The van der Waals surface area contributed by atoms with Gasteiger partial charge in [0.2, 0.25) is 0 Å². The zero-order valence-corrected chi connectivity index (χ0v) is 22.5. The lowest BCUT2D eigenvalue weighted by Gasteiger charge is -2.71. The summed E-state index contributed by atoms with van der Waals surface area (Å²) < 4.78 is 0. The van der Waals surface area contributed by atoms with Crippen molar-refractivity contribution in [2.24, 2.45) is 50.2 Å². The quantitative estimate of drug-likeness (QED) is 0.358. The molecule has 0 aromatic rings. The highest BCUT2D eigenvalue weighted by Crippen LogP contribution is 2.75. The second-order valence-corrected chi connectivity index (χ2v) is 15.1. The second kappa shape index (κ2) is 7.19. The molecule has 5 rings (SSSR count). The smallest absolute Gasteiger partial charge is 0.126 e. The Morgan fingerprint density at radius 1 is 0.853 bits per heavy atom. The predicted molar refractivity (Wildman–Crippen MR) is 134 cm³/mol. The van der Waals surface area contributed by atoms with E-state index in [-0.39, 0.29) is 33.0 Å². The lowest BCUT2D eigenvalue weighted by molar-refractivity contribution is -0.233. The number of fused-ring (bicyclic) bond motifs is 7. The highest BCUT2D eigenvalue weighted by atomic mass is 16.3. The maximum absolute atomic E-state index is 12.6. The summed E-state index contributed by atoms with van der Waals surface area (Å²) in [6.45, 7) is 15.9. The van der Waals surface area contributed by atoms with Crippen molar-refractivity contribution in [3.05, 3.63) is 11.6 Å². The van der Waals surface area contributed by atoms with Gasteiger partial charge in [0.05, 0.1) is 18.3 Å². The van der Waals surface area contributed by atoms with Crippen LogP contribution in [0.25, 0.3) is 0 Å². The molecule has 5 aliphatic carbocycles. The average Bonchev–Trinajstić information content (AvgIpc) is 2.75. The van der Waals surface area contributed by atoms with Gasteiger partial charge in [-0.3, -0.25) is 0 Å². The monoisotopic (exact) mass is 472 g/mol. The molecule has 0 bridgehead atoms. The van der Waals surface area contributed by atoms with E-state index >= 15 is 0 Å². The summed E-state index contributed by atoms with van der Waals surface area (Å²) in [7, 11) is 0. The molecule has 0 amide bonds. The number of allylic oxidation sites excluding steroid dienone is 1. The van der Waals surface area contributed by atoms with E-state index in [1.807, 2.05) is 0 Å². The summed E-state index contributed by atoms with van der Waals surface area (Å²) in [6, 6.07) is 0. The Kier molecular flexibility index (Phi) is 5.28. The van der Waals surface area contributed by atoms with E-state index in [1.54, 1.807) is 0 Å². The van der Waals surface area contributed by atoms with Crippen molar-refractivity contribution in [1.82, 2.24) is 0 Å². The first kappa shape index (κ1) is 25.0. The molecule has 0 aromatic carbocycles. The van der Waals surface area contributed by atoms with Gasteiger partial charge in [-0.25, -0.2) is 0 Å². The minimum atomic E-state index is -0.688. The summed E-state index contributed by atoms with van der Waals surface area (Å²) >= 11 is 0. The van der Waals surface area contributed by atoms with Crippen LogP contribution in [0, 0.1) is 50.2 Å². The molecule has 0 spiro atoms. The molecule has 3 N–H and O–H groups in total. The third-order valence-electron chi connectivity index (χ3n) is 13.1. The highest BCUT2D eigenvalue weighted by molar-refractivity contribution is 5.63. The normalized spacial score (nSPS) is 55.6. The molecule has 192 valence electrons. The van der Waals surface area contributed by atoms with Crippen molar-refractivity contribution in [3.63, 3.8) is 0 Å². The van der Waals surface area contributed by atoms with Gasteiger partial charge in [-0.05, 0) is 90.3 Å². The van der Waals surface area contributed by atoms with Gasteiger partial charge in [0.25, 0.3) is 0 Å². The topological polar surface area (TPSA) is 77.8 Å². The van der Waals surface area contributed by atoms with Crippen LogP contribution in [0.2, 0.25) is 0 Å². The van der Waals surface area contributed by atoms with E-state index in [0.717, 1.165) is 44.9 Å². The standard InChI is InChI=1S/C30H48O4/c1-25(2)12-14-30(17-31)15-13-28(6)18(22(30)24(25)34)8-9-21-27(5)16-19(32)23(33)26(3,4)20(27)10-11-29(21,28)7/h8,17,19-24,32-34H,9-16H2,1-7H3. The Morgan fingerprint density at radius 2 is 1.50 bits per heavy atom. The third-order valence-corrected chi connectivity index (χ3v) is 13.1. The first-order valence-electron chi connectivity index (χ1n) is 13.8. The molecule has 34 heavy (non-hydrogen) atoms. The fourth-order valence-electron chi connectivity index (χ4n) is 10.6. The van der Waals surface area contributed by atoms with E-state index in [9.17, 15) is 20.1 Å². The molecule has 4 heteroatoms. The first-order chi connectivity index (χ1) is 15.6. The Hall–Kier alpha value is -0.710. The SMILES string of the molecule is CC1(C)CCC2(C=O)CCC3(C)C(=CCC4C5(C)CC(O)C(O)C(C)(C)C5CCC43C)C2C1O. The molecule has 0 aromatic heterocycles. The molecule has 4 nitrogen and oxygen atoms in total. The number of hydrogen-bond donors (Lipinski definition) is 3. The van der Waals surface area contributed by atoms with Crippen LogP contribution in [0.1, 0.15) is 99.8 Å². The number of carbonyl (C=O) groups excluding carboxylic acids is 1. The van der Waals surface area contributed by atoms with Gasteiger partial charge in [-0.2, -0.15) is 0 Å². The van der Waals surface area contributed by atoms with Gasteiger partial charge in [-0.1, -0.05) is 60.1 Å². The maximum atomic E-state index is 12.6. The van der Waals surface area contributed by atoms with E-state index in [1.165, 1.54) is 11.9 Å². The predicted octanol–water partition coefficient (Wildman–Crippen LogP) is 5.29. The van der Waals surface area contributed by atoms with Gasteiger partial charge in [0, 0.05) is 11.3 Å². The van der Waals surface area contributed by atoms with Crippen LogP contribution in [-0.4, -0.2) is 39.9 Å². The van der Waals surface area contributed by atoms with Crippen LogP contribution >= 0.6 is 0 Å². The fourth-order valence-corrected chi connectivity index (χ4v) is 10.6. The molecule has 0 radical (unpaired) electrons. The number of carbonyl (C=O) groups is 1. The van der Waals surface area contributed by atoms with Crippen molar-refractivity contribution in [1.29, 1.82) is 0 Å². The van der Waals surface area contributed by atoms with E-state index < -0.39 is 23.7 Å². The Bertz CT molecular complexity index is 905. The molecular weight excluding hydrogens is 424 g/mol. The summed E-state index contributed by atoms with van der Waals surface area (Å²) in [5.41, 5.74) is 0.328. The molecule has 10 atom stereocenters. The minimum Gasteiger partial charge on any atom is -0.392 e. The summed E-state index contributed by atoms with van der Waals surface area (Å²) in [5.74, 6) is 0.685. The highest BCUT2D eigenvalue weighted by Gasteiger charge is 2.70. The molecule has 4 fully saturated rings. The fraction of sp³-hybridized carbons (Fsp3) is 0.900. The van der Waals surface area contributed by atoms with Crippen LogP contribution in [0.3, 0.4) is 0 Å². The van der Waals surface area contributed by atoms with Gasteiger partial charge < -0.3 is 20.1 Å². The zero-order valence-electron chi connectivity index (χ0n) is 22.5. The molecule has 0 aliphatic heterocycles. The van der Waals surface area contributed by atoms with Crippen LogP contribution in [0.5, 0.6) is 0 Å². The second-order valence-electron chi connectivity index (χ2n) is 15.1. The number of aliphatic hydroxyl groups excluding tert-OH is 3. The summed E-state index contributed by atoms with van der Waals surface area (Å²) in [5, 5.41) is 33.5. The average molecular weight is 473 g/mol. The first-order valence-corrected chi connectivity index (χ1v) is 13.8. The van der Waals surface area contributed by atoms with Gasteiger partial charge in [-0.15, -0.1) is 0 Å². The van der Waals surface area contributed by atoms with Crippen molar-refractivity contribution >= 4 is 6.29 Å². The zero-order chi connectivity index (χ0) is 25.1. The lowest BCUT2D eigenvalue weighted by Crippen LogP contribution is -2.67. The van der Waals surface area contributed by atoms with Crippen LogP contribution < -0.4 is 0 Å². The van der Waals surface area contributed by atoms with Gasteiger partial charge in [0.15, 0.2) is 0 Å².